The maximum absolute atomic E-state index is 13.7. The first-order chi connectivity index (χ1) is 16.9. The predicted molar refractivity (Wildman–Crippen MR) is 135 cm³/mol. The average Bonchev–Trinajstić information content (AvgIpc) is 2.86. The number of hydrogen-bond acceptors (Lipinski definition) is 6. The van der Waals surface area contributed by atoms with Crippen molar-refractivity contribution in [3.63, 3.8) is 0 Å². The van der Waals surface area contributed by atoms with Crippen LogP contribution in [0.5, 0.6) is 11.5 Å². The number of methoxy groups -OCH3 is 2. The number of nitrogens with one attached hydrogen (secondary N) is 1. The van der Waals surface area contributed by atoms with Crippen LogP contribution in [-0.2, 0) is 14.3 Å². The summed E-state index contributed by atoms with van der Waals surface area (Å²) in [5.74, 6) is 0.154. The van der Waals surface area contributed by atoms with Crippen molar-refractivity contribution in [2.75, 3.05) is 20.8 Å². The Morgan fingerprint density at radius 1 is 1.09 bits per heavy atom. The predicted octanol–water partition coefficient (Wildman–Crippen LogP) is 5.67. The Kier molecular flexibility index (Phi) is 7.51. The van der Waals surface area contributed by atoms with Crippen LogP contribution < -0.4 is 14.8 Å². The number of halogens is 1. The normalized spacial score (nSPS) is 19.7. The Morgan fingerprint density at radius 3 is 2.49 bits per heavy atom. The number of carbonyl (C=O) groups is 2. The van der Waals surface area contributed by atoms with Crippen LogP contribution in [0.4, 0.5) is 0 Å². The molecule has 2 atom stereocenters. The molecule has 4 rings (SSSR count). The van der Waals surface area contributed by atoms with Crippen LogP contribution >= 0.6 is 11.6 Å². The zero-order valence-electron chi connectivity index (χ0n) is 20.4. The third-order valence-electron chi connectivity index (χ3n) is 6.58. The zero-order valence-corrected chi connectivity index (χ0v) is 21.2. The van der Waals surface area contributed by atoms with E-state index >= 15 is 0 Å². The molecule has 0 bridgehead atoms. The molecule has 0 spiro atoms. The highest BCUT2D eigenvalue weighted by Gasteiger charge is 2.42. The van der Waals surface area contributed by atoms with E-state index in [-0.39, 0.29) is 11.7 Å². The fraction of sp³-hybridized carbons (Fsp3) is 0.357. The number of esters is 1. The Labute approximate surface area is 210 Å². The molecule has 0 fully saturated rings. The van der Waals surface area contributed by atoms with Crippen molar-refractivity contribution in [1.82, 2.24) is 5.32 Å². The summed E-state index contributed by atoms with van der Waals surface area (Å²) in [6.45, 7) is 4.10. The minimum Gasteiger partial charge on any atom is -0.497 e. The van der Waals surface area contributed by atoms with E-state index in [0.717, 1.165) is 16.8 Å². The molecule has 7 heteroatoms. The first-order valence-corrected chi connectivity index (χ1v) is 12.1. The highest BCUT2D eigenvalue weighted by molar-refractivity contribution is 6.30. The monoisotopic (exact) mass is 495 g/mol. The number of allylic oxidation sites excluding steroid dienone is 3. The molecule has 0 radical (unpaired) electrons. The smallest absolute Gasteiger partial charge is 0.336 e. The van der Waals surface area contributed by atoms with E-state index in [1.54, 1.807) is 20.3 Å². The van der Waals surface area contributed by atoms with Gasteiger partial charge in [0.05, 0.1) is 32.3 Å². The first-order valence-electron chi connectivity index (χ1n) is 11.8. The molecule has 6 nitrogen and oxygen atoms in total. The van der Waals surface area contributed by atoms with Crippen LogP contribution in [0.3, 0.4) is 0 Å². The topological polar surface area (TPSA) is 73.9 Å². The van der Waals surface area contributed by atoms with Gasteiger partial charge >= 0.3 is 5.97 Å². The van der Waals surface area contributed by atoms with E-state index < -0.39 is 11.9 Å². The third kappa shape index (κ3) is 4.94. The van der Waals surface area contributed by atoms with Gasteiger partial charge in [-0.15, -0.1) is 0 Å². The van der Waals surface area contributed by atoms with Crippen LogP contribution in [0.25, 0.3) is 0 Å². The molecule has 1 aliphatic heterocycles. The molecular formula is C28H30ClNO5. The lowest BCUT2D eigenvalue weighted by molar-refractivity contribution is -0.139. The van der Waals surface area contributed by atoms with Gasteiger partial charge in [0.15, 0.2) is 5.78 Å². The van der Waals surface area contributed by atoms with Gasteiger partial charge in [0.25, 0.3) is 0 Å². The van der Waals surface area contributed by atoms with E-state index in [1.807, 2.05) is 50.2 Å². The summed E-state index contributed by atoms with van der Waals surface area (Å²) in [5.41, 5.74) is 4.31. The number of carbonyl (C=O) groups excluding carboxylic acids is 2. The summed E-state index contributed by atoms with van der Waals surface area (Å²) in [5, 5.41) is 4.03. The molecule has 1 aliphatic carbocycles. The number of benzene rings is 2. The fourth-order valence-electron chi connectivity index (χ4n) is 4.92. The number of hydrogen-bond donors (Lipinski definition) is 1. The Bertz CT molecular complexity index is 1200. The van der Waals surface area contributed by atoms with Gasteiger partial charge in [0.1, 0.15) is 11.5 Å². The maximum atomic E-state index is 13.7. The molecule has 35 heavy (non-hydrogen) atoms. The van der Waals surface area contributed by atoms with Crippen molar-refractivity contribution < 1.29 is 23.8 Å². The minimum absolute atomic E-state index is 0.00476. The largest absolute Gasteiger partial charge is 0.497 e. The molecule has 0 saturated carbocycles. The molecule has 0 amide bonds. The standard InChI is InChI=1S/C28H30ClNO5/c1-5-12-35-28(32)25-16(2)30-22-13-18(17-6-8-19(29)9-7-17)14-23(31)27(22)26(25)21-11-10-20(33-3)15-24(21)34-4/h6-11,15,18,26,30H,5,12-14H2,1-4H3. The summed E-state index contributed by atoms with van der Waals surface area (Å²) in [7, 11) is 3.15. The van der Waals surface area contributed by atoms with Gasteiger partial charge in [-0.2, -0.15) is 0 Å². The van der Waals surface area contributed by atoms with E-state index in [4.69, 9.17) is 25.8 Å². The van der Waals surface area contributed by atoms with E-state index in [9.17, 15) is 9.59 Å². The van der Waals surface area contributed by atoms with Gasteiger partial charge in [-0.3, -0.25) is 4.79 Å². The molecule has 0 aromatic heterocycles. The van der Waals surface area contributed by atoms with Gasteiger partial charge in [-0.05, 0) is 49.4 Å². The molecule has 0 saturated heterocycles. The summed E-state index contributed by atoms with van der Waals surface area (Å²) in [6.07, 6.45) is 1.69. The second kappa shape index (κ2) is 10.6. The molecule has 2 aromatic carbocycles. The zero-order chi connectivity index (χ0) is 25.1. The summed E-state index contributed by atoms with van der Waals surface area (Å²) in [6, 6.07) is 13.1. The van der Waals surface area contributed by atoms with E-state index in [0.29, 0.717) is 59.2 Å². The second-order valence-corrected chi connectivity index (χ2v) is 9.25. The number of ether oxygens (including phenoxy) is 3. The number of ketones is 1. The highest BCUT2D eigenvalue weighted by Crippen LogP contribution is 2.48. The first kappa shape index (κ1) is 24.9. The lowest BCUT2D eigenvalue weighted by atomic mass is 9.71. The molecule has 1 heterocycles. The maximum Gasteiger partial charge on any atom is 0.336 e. The van der Waals surface area contributed by atoms with Crippen LogP contribution in [0.1, 0.15) is 56.1 Å². The summed E-state index contributed by atoms with van der Waals surface area (Å²) < 4.78 is 16.6. The van der Waals surface area contributed by atoms with Crippen molar-refractivity contribution >= 4 is 23.4 Å². The Balaban J connectivity index is 1.82. The van der Waals surface area contributed by atoms with Crippen LogP contribution in [0.2, 0.25) is 5.02 Å². The molecule has 2 aromatic rings. The van der Waals surface area contributed by atoms with E-state index in [2.05, 4.69) is 5.32 Å². The Hall–Kier alpha value is -3.25. The molecule has 1 N–H and O–H groups in total. The highest BCUT2D eigenvalue weighted by atomic mass is 35.5. The summed E-state index contributed by atoms with van der Waals surface area (Å²) in [4.78, 5) is 27.0. The fourth-order valence-corrected chi connectivity index (χ4v) is 5.05. The number of Topliss-reactive ketones (excluding diaryl/α,β-unsaturated/α-hetero) is 1. The number of rotatable bonds is 7. The van der Waals surface area contributed by atoms with Gasteiger partial charge in [0.2, 0.25) is 0 Å². The van der Waals surface area contributed by atoms with E-state index in [1.165, 1.54) is 0 Å². The quantitative estimate of drug-likeness (QED) is 0.499. The van der Waals surface area contributed by atoms with Crippen molar-refractivity contribution in [3.8, 4) is 11.5 Å². The minimum atomic E-state index is -0.602. The van der Waals surface area contributed by atoms with Crippen LogP contribution in [0.15, 0.2) is 65.0 Å². The second-order valence-electron chi connectivity index (χ2n) is 8.81. The molecule has 2 aliphatic rings. The SMILES string of the molecule is CCCOC(=O)C1=C(C)NC2=C(C(=O)CC(c3ccc(Cl)cc3)C2)C1c1ccc(OC)cc1OC. The third-order valence-corrected chi connectivity index (χ3v) is 6.83. The molecule has 2 unspecified atom stereocenters. The van der Waals surface area contributed by atoms with Gasteiger partial charge in [-0.1, -0.05) is 36.7 Å². The molecular weight excluding hydrogens is 466 g/mol. The Morgan fingerprint density at radius 2 is 1.83 bits per heavy atom. The lowest BCUT2D eigenvalue weighted by Gasteiger charge is -2.37. The van der Waals surface area contributed by atoms with Crippen LogP contribution in [-0.4, -0.2) is 32.6 Å². The van der Waals surface area contributed by atoms with Crippen LogP contribution in [0, 0.1) is 0 Å². The summed E-state index contributed by atoms with van der Waals surface area (Å²) >= 11 is 6.07. The van der Waals surface area contributed by atoms with Crippen molar-refractivity contribution in [3.05, 3.63) is 81.2 Å². The number of dihydropyridines is 1. The van der Waals surface area contributed by atoms with Crippen molar-refractivity contribution in [2.24, 2.45) is 0 Å². The molecule has 184 valence electrons. The van der Waals surface area contributed by atoms with Gasteiger partial charge in [0, 0.05) is 40.0 Å². The van der Waals surface area contributed by atoms with Gasteiger partial charge in [-0.25, -0.2) is 4.79 Å². The average molecular weight is 496 g/mol. The van der Waals surface area contributed by atoms with Crippen molar-refractivity contribution in [1.29, 1.82) is 0 Å². The van der Waals surface area contributed by atoms with Crippen molar-refractivity contribution in [2.45, 2.75) is 44.9 Å². The lowest BCUT2D eigenvalue weighted by Crippen LogP contribution is -2.36. The van der Waals surface area contributed by atoms with Gasteiger partial charge < -0.3 is 19.5 Å².